The van der Waals surface area contributed by atoms with E-state index < -0.39 is 10.0 Å². The first-order valence-electron chi connectivity index (χ1n) is 7.64. The van der Waals surface area contributed by atoms with Gasteiger partial charge in [-0.25, -0.2) is 18.1 Å². The Hall–Kier alpha value is -2.01. The molecule has 0 unspecified atom stereocenters. The maximum atomic E-state index is 12.4. The number of hydrogen-bond acceptors (Lipinski definition) is 7. The molecule has 0 saturated heterocycles. The standard InChI is InChI=1S/C15H20N6O2S2/c1-9-13(14(16)20-19-9)15-18-11-5-4-10(8-12(11)24-15)25(22,23)17-6-7-21(2)3/h4-5,8,17H,6-7H2,1-3H3,(H3,16,19,20). The molecule has 0 radical (unpaired) electrons. The maximum Gasteiger partial charge on any atom is 0.240 e. The van der Waals surface area contributed by atoms with Gasteiger partial charge in [-0.2, -0.15) is 5.10 Å². The molecule has 0 fully saturated rings. The van der Waals surface area contributed by atoms with Crippen LogP contribution in [0.15, 0.2) is 23.1 Å². The largest absolute Gasteiger partial charge is 0.382 e. The van der Waals surface area contributed by atoms with Crippen LogP contribution in [0.3, 0.4) is 0 Å². The number of aromatic nitrogens is 3. The summed E-state index contributed by atoms with van der Waals surface area (Å²) in [5.41, 5.74) is 8.20. The summed E-state index contributed by atoms with van der Waals surface area (Å²) in [7, 11) is 0.234. The SMILES string of the molecule is Cc1[nH]nc(N)c1-c1nc2ccc(S(=O)(=O)NCCN(C)C)cc2s1. The molecule has 0 aliphatic carbocycles. The van der Waals surface area contributed by atoms with Gasteiger partial charge < -0.3 is 10.6 Å². The van der Waals surface area contributed by atoms with Crippen LogP contribution < -0.4 is 10.5 Å². The smallest absolute Gasteiger partial charge is 0.240 e. The summed E-state index contributed by atoms with van der Waals surface area (Å²) in [5, 5.41) is 7.52. The second-order valence-electron chi connectivity index (χ2n) is 5.96. The Bertz CT molecular complexity index is 987. The number of nitrogens with two attached hydrogens (primary N) is 1. The van der Waals surface area contributed by atoms with Crippen LogP contribution in [-0.2, 0) is 10.0 Å². The first kappa shape index (κ1) is 17.8. The zero-order valence-electron chi connectivity index (χ0n) is 14.2. The van der Waals surface area contributed by atoms with Crippen molar-refractivity contribution >= 4 is 37.4 Å². The molecule has 25 heavy (non-hydrogen) atoms. The van der Waals surface area contributed by atoms with Crippen molar-refractivity contribution in [3.8, 4) is 10.6 Å². The average molecular weight is 380 g/mol. The minimum absolute atomic E-state index is 0.228. The van der Waals surface area contributed by atoms with Crippen LogP contribution in [0.25, 0.3) is 20.8 Å². The number of nitrogen functional groups attached to an aromatic ring is 1. The molecule has 0 amide bonds. The van der Waals surface area contributed by atoms with E-state index >= 15 is 0 Å². The highest BCUT2D eigenvalue weighted by atomic mass is 32.2. The molecule has 4 N–H and O–H groups in total. The van der Waals surface area contributed by atoms with E-state index in [9.17, 15) is 8.42 Å². The number of sulfonamides is 1. The minimum Gasteiger partial charge on any atom is -0.382 e. The van der Waals surface area contributed by atoms with Crippen molar-refractivity contribution < 1.29 is 8.42 Å². The van der Waals surface area contributed by atoms with E-state index in [1.54, 1.807) is 18.2 Å². The number of thiazole rings is 1. The monoisotopic (exact) mass is 380 g/mol. The lowest BCUT2D eigenvalue weighted by Crippen LogP contribution is -2.31. The molecule has 3 rings (SSSR count). The Morgan fingerprint density at radius 1 is 1.36 bits per heavy atom. The van der Waals surface area contributed by atoms with Crippen molar-refractivity contribution in [1.29, 1.82) is 0 Å². The summed E-state index contributed by atoms with van der Waals surface area (Å²) in [6.07, 6.45) is 0. The normalized spacial score (nSPS) is 12.3. The number of fused-ring (bicyclic) bond motifs is 1. The summed E-state index contributed by atoms with van der Waals surface area (Å²) in [6, 6.07) is 4.91. The third kappa shape index (κ3) is 3.66. The van der Waals surface area contributed by atoms with E-state index in [1.165, 1.54) is 11.3 Å². The fourth-order valence-corrected chi connectivity index (χ4v) is 4.62. The number of nitrogens with zero attached hydrogens (tertiary/aromatic N) is 3. The van der Waals surface area contributed by atoms with Gasteiger partial charge in [0.15, 0.2) is 5.82 Å². The van der Waals surface area contributed by atoms with Crippen LogP contribution in [0.2, 0.25) is 0 Å². The highest BCUT2D eigenvalue weighted by Crippen LogP contribution is 2.35. The highest BCUT2D eigenvalue weighted by molar-refractivity contribution is 7.89. The van der Waals surface area contributed by atoms with E-state index in [2.05, 4.69) is 19.9 Å². The van der Waals surface area contributed by atoms with Gasteiger partial charge in [0.25, 0.3) is 0 Å². The van der Waals surface area contributed by atoms with Crippen molar-refractivity contribution in [3.05, 3.63) is 23.9 Å². The van der Waals surface area contributed by atoms with Crippen LogP contribution >= 0.6 is 11.3 Å². The number of aromatic amines is 1. The minimum atomic E-state index is -3.55. The molecule has 1 aromatic carbocycles. The number of H-pyrrole nitrogens is 1. The molecule has 0 bridgehead atoms. The summed E-state index contributed by atoms with van der Waals surface area (Å²) in [5.74, 6) is 0.384. The van der Waals surface area contributed by atoms with Gasteiger partial charge in [0.1, 0.15) is 5.01 Å². The number of hydrogen-bond donors (Lipinski definition) is 3. The second kappa shape index (κ2) is 6.71. The third-order valence-electron chi connectivity index (χ3n) is 3.71. The van der Waals surface area contributed by atoms with Crippen molar-refractivity contribution in [2.24, 2.45) is 0 Å². The Kier molecular flexibility index (Phi) is 4.78. The predicted octanol–water partition coefficient (Wildman–Crippen LogP) is 1.42. The molecule has 8 nitrogen and oxygen atoms in total. The molecular weight excluding hydrogens is 360 g/mol. The lowest BCUT2D eigenvalue weighted by atomic mass is 10.2. The zero-order valence-corrected chi connectivity index (χ0v) is 15.8. The topological polar surface area (TPSA) is 117 Å². The maximum absolute atomic E-state index is 12.4. The fraction of sp³-hybridized carbons (Fsp3) is 0.333. The number of rotatable bonds is 6. The van der Waals surface area contributed by atoms with Crippen LogP contribution in [0, 0.1) is 6.92 Å². The number of aryl methyl sites for hydroxylation is 1. The van der Waals surface area contributed by atoms with Gasteiger partial charge in [-0.3, -0.25) is 5.10 Å². The Morgan fingerprint density at radius 2 is 2.12 bits per heavy atom. The van der Waals surface area contributed by atoms with Crippen LogP contribution in [0.4, 0.5) is 5.82 Å². The van der Waals surface area contributed by atoms with Gasteiger partial charge in [0.05, 0.1) is 20.7 Å². The molecule has 2 heterocycles. The van der Waals surface area contributed by atoms with Crippen molar-refractivity contribution in [2.75, 3.05) is 32.9 Å². The van der Waals surface area contributed by atoms with Crippen molar-refractivity contribution in [1.82, 2.24) is 24.8 Å². The first-order chi connectivity index (χ1) is 11.8. The molecular formula is C15H20N6O2S2. The van der Waals surface area contributed by atoms with Gasteiger partial charge in [-0.15, -0.1) is 11.3 Å². The molecule has 0 aliphatic heterocycles. The molecule has 0 aliphatic rings. The summed E-state index contributed by atoms with van der Waals surface area (Å²) in [6.45, 7) is 2.85. The van der Waals surface area contributed by atoms with Crippen LogP contribution in [-0.4, -0.2) is 55.7 Å². The van der Waals surface area contributed by atoms with Gasteiger partial charge in [0.2, 0.25) is 10.0 Å². The van der Waals surface area contributed by atoms with E-state index in [-0.39, 0.29) is 4.90 Å². The van der Waals surface area contributed by atoms with Crippen LogP contribution in [0.1, 0.15) is 5.69 Å². The van der Waals surface area contributed by atoms with Crippen molar-refractivity contribution in [2.45, 2.75) is 11.8 Å². The number of anilines is 1. The lowest BCUT2D eigenvalue weighted by molar-refractivity contribution is 0.412. The summed E-state index contributed by atoms with van der Waals surface area (Å²) in [4.78, 5) is 6.69. The second-order valence-corrected chi connectivity index (χ2v) is 8.76. The first-order valence-corrected chi connectivity index (χ1v) is 9.93. The third-order valence-corrected chi connectivity index (χ3v) is 6.20. The van der Waals surface area contributed by atoms with E-state index in [0.717, 1.165) is 21.5 Å². The predicted molar refractivity (Wildman–Crippen MR) is 100 cm³/mol. The number of nitrogens with one attached hydrogen (secondary N) is 2. The molecule has 0 saturated carbocycles. The van der Waals surface area contributed by atoms with Gasteiger partial charge in [0, 0.05) is 18.8 Å². The van der Waals surface area contributed by atoms with E-state index in [4.69, 9.17) is 5.73 Å². The molecule has 134 valence electrons. The highest BCUT2D eigenvalue weighted by Gasteiger charge is 2.18. The van der Waals surface area contributed by atoms with Gasteiger partial charge >= 0.3 is 0 Å². The molecule has 0 atom stereocenters. The molecule has 3 aromatic rings. The van der Waals surface area contributed by atoms with Gasteiger partial charge in [-0.1, -0.05) is 0 Å². The summed E-state index contributed by atoms with van der Waals surface area (Å²) >= 11 is 1.39. The Balaban J connectivity index is 1.93. The van der Waals surface area contributed by atoms with Crippen LogP contribution in [0.5, 0.6) is 0 Å². The number of benzene rings is 1. The molecule has 10 heteroatoms. The molecule has 0 spiro atoms. The quantitative estimate of drug-likeness (QED) is 0.595. The van der Waals surface area contributed by atoms with Gasteiger partial charge in [-0.05, 0) is 39.2 Å². The molecule has 2 aromatic heterocycles. The Morgan fingerprint density at radius 3 is 2.76 bits per heavy atom. The lowest BCUT2D eigenvalue weighted by Gasteiger charge is -2.10. The van der Waals surface area contributed by atoms with E-state index in [0.29, 0.717) is 23.9 Å². The summed E-state index contributed by atoms with van der Waals surface area (Å²) < 4.78 is 28.2. The fourth-order valence-electron chi connectivity index (χ4n) is 2.38. The van der Waals surface area contributed by atoms with E-state index in [1.807, 2.05) is 25.9 Å². The Labute approximate surface area is 150 Å². The van der Waals surface area contributed by atoms with Crippen molar-refractivity contribution in [3.63, 3.8) is 0 Å². The zero-order chi connectivity index (χ0) is 18.2. The average Bonchev–Trinajstić information content (AvgIpc) is 3.08. The number of likely N-dealkylation sites (N-methyl/N-ethyl adjacent to an activating group) is 1.